The van der Waals surface area contributed by atoms with Crippen LogP contribution >= 0.6 is 23.2 Å². The van der Waals surface area contributed by atoms with Gasteiger partial charge in [0.25, 0.3) is 0 Å². The van der Waals surface area contributed by atoms with Crippen LogP contribution in [0.4, 0.5) is 0 Å². The molecule has 9 heteroatoms. The van der Waals surface area contributed by atoms with Crippen LogP contribution in [0.3, 0.4) is 0 Å². The smallest absolute Gasteiger partial charge is 0.337 e. The van der Waals surface area contributed by atoms with Gasteiger partial charge in [-0.25, -0.2) is 9.59 Å². The van der Waals surface area contributed by atoms with E-state index >= 15 is 0 Å². The number of halogens is 2. The SMILES string of the molecule is COC(=O)C1=C(C)NC(COC(C)=O)=C(C(=O)OC(C)C)C1c1cccc(Cl)c1Cl. The summed E-state index contributed by atoms with van der Waals surface area (Å²) in [4.78, 5) is 37.1. The fraction of sp³-hybridized carbons (Fsp3) is 0.381. The van der Waals surface area contributed by atoms with E-state index in [0.29, 0.717) is 11.3 Å². The van der Waals surface area contributed by atoms with Crippen LogP contribution in [0, 0.1) is 0 Å². The first-order chi connectivity index (χ1) is 14.1. The number of dihydropyridines is 1. The van der Waals surface area contributed by atoms with E-state index in [4.69, 9.17) is 37.4 Å². The first kappa shape index (κ1) is 23.8. The molecule has 1 aromatic carbocycles. The van der Waals surface area contributed by atoms with Crippen molar-refractivity contribution in [3.63, 3.8) is 0 Å². The molecule has 1 aliphatic rings. The molecule has 0 radical (unpaired) electrons. The lowest BCUT2D eigenvalue weighted by Gasteiger charge is -2.32. The molecule has 0 fully saturated rings. The van der Waals surface area contributed by atoms with Crippen molar-refractivity contribution >= 4 is 41.1 Å². The number of ether oxygens (including phenoxy) is 3. The van der Waals surface area contributed by atoms with Gasteiger partial charge in [0.2, 0.25) is 0 Å². The summed E-state index contributed by atoms with van der Waals surface area (Å²) in [6, 6.07) is 4.91. The van der Waals surface area contributed by atoms with Crippen molar-refractivity contribution in [1.29, 1.82) is 0 Å². The second kappa shape index (κ2) is 10.00. The first-order valence-corrected chi connectivity index (χ1v) is 9.91. The Balaban J connectivity index is 2.78. The van der Waals surface area contributed by atoms with E-state index < -0.39 is 29.9 Å². The van der Waals surface area contributed by atoms with Gasteiger partial charge in [-0.2, -0.15) is 0 Å². The number of rotatable bonds is 6. The summed E-state index contributed by atoms with van der Waals surface area (Å²) in [5, 5.41) is 3.42. The number of nitrogens with one attached hydrogen (secondary N) is 1. The quantitative estimate of drug-likeness (QED) is 0.513. The number of carbonyl (C=O) groups is 3. The highest BCUT2D eigenvalue weighted by Crippen LogP contribution is 2.43. The molecular formula is C21H23Cl2NO6. The van der Waals surface area contributed by atoms with Crippen LogP contribution in [0.25, 0.3) is 0 Å². The van der Waals surface area contributed by atoms with Crippen LogP contribution < -0.4 is 5.32 Å². The molecule has 7 nitrogen and oxygen atoms in total. The maximum atomic E-state index is 13.1. The highest BCUT2D eigenvalue weighted by Gasteiger charge is 2.40. The van der Waals surface area contributed by atoms with Gasteiger partial charge in [0.1, 0.15) is 6.61 Å². The molecule has 1 heterocycles. The molecule has 0 saturated heterocycles. The number of methoxy groups -OCH3 is 1. The van der Waals surface area contributed by atoms with E-state index in [2.05, 4.69) is 5.32 Å². The minimum absolute atomic E-state index is 0.0834. The van der Waals surface area contributed by atoms with E-state index in [0.717, 1.165) is 0 Å². The highest BCUT2D eigenvalue weighted by atomic mass is 35.5. The Kier molecular flexibility index (Phi) is 7.92. The molecule has 1 aliphatic heterocycles. The van der Waals surface area contributed by atoms with Gasteiger partial charge >= 0.3 is 17.9 Å². The Morgan fingerprint density at radius 2 is 1.80 bits per heavy atom. The number of allylic oxidation sites excluding steroid dienone is 1. The molecular weight excluding hydrogens is 433 g/mol. The van der Waals surface area contributed by atoms with E-state index in [1.165, 1.54) is 14.0 Å². The molecule has 0 bridgehead atoms. The molecule has 1 N–H and O–H groups in total. The second-order valence-electron chi connectivity index (χ2n) is 6.86. The third-order valence-corrected chi connectivity index (χ3v) is 5.16. The van der Waals surface area contributed by atoms with Gasteiger partial charge in [0.05, 0.1) is 46.0 Å². The van der Waals surface area contributed by atoms with Gasteiger partial charge in [-0.3, -0.25) is 4.79 Å². The maximum absolute atomic E-state index is 13.1. The lowest BCUT2D eigenvalue weighted by molar-refractivity contribution is -0.144. The largest absolute Gasteiger partial charge is 0.466 e. The van der Waals surface area contributed by atoms with Crippen LogP contribution in [0.1, 0.15) is 39.2 Å². The Hall–Kier alpha value is -2.51. The third kappa shape index (κ3) is 5.15. The third-order valence-electron chi connectivity index (χ3n) is 4.33. The summed E-state index contributed by atoms with van der Waals surface area (Å²) in [5.41, 5.74) is 1.37. The van der Waals surface area contributed by atoms with Crippen molar-refractivity contribution in [2.45, 2.75) is 39.7 Å². The summed E-state index contributed by atoms with van der Waals surface area (Å²) in [6.07, 6.45) is -0.427. The van der Waals surface area contributed by atoms with Crippen molar-refractivity contribution in [3.8, 4) is 0 Å². The van der Waals surface area contributed by atoms with E-state index in [1.807, 2.05) is 0 Å². The number of hydrogen-bond acceptors (Lipinski definition) is 7. The monoisotopic (exact) mass is 455 g/mol. The van der Waals surface area contributed by atoms with Crippen molar-refractivity contribution in [2.75, 3.05) is 13.7 Å². The van der Waals surface area contributed by atoms with Crippen molar-refractivity contribution in [2.24, 2.45) is 0 Å². The van der Waals surface area contributed by atoms with E-state index in [9.17, 15) is 14.4 Å². The minimum Gasteiger partial charge on any atom is -0.466 e. The molecule has 2 rings (SSSR count). The molecule has 0 saturated carbocycles. The predicted octanol–water partition coefficient (Wildman–Crippen LogP) is 3.90. The normalized spacial score (nSPS) is 16.3. The van der Waals surface area contributed by atoms with Gasteiger partial charge in [-0.1, -0.05) is 35.3 Å². The zero-order chi connectivity index (χ0) is 22.6. The standard InChI is InChI=1S/C21H23Cl2NO6/c1-10(2)30-21(27)18-15(9-29-12(4)25)24-11(3)16(20(26)28-5)17(18)13-7-6-8-14(22)19(13)23/h6-8,10,17,24H,9H2,1-5H3. The average molecular weight is 456 g/mol. The van der Waals surface area contributed by atoms with Crippen molar-refractivity contribution in [1.82, 2.24) is 5.32 Å². The molecule has 1 aromatic rings. The number of benzene rings is 1. The fourth-order valence-electron chi connectivity index (χ4n) is 3.14. The molecule has 30 heavy (non-hydrogen) atoms. The Bertz CT molecular complexity index is 935. The highest BCUT2D eigenvalue weighted by molar-refractivity contribution is 6.42. The molecule has 1 unspecified atom stereocenters. The molecule has 0 aliphatic carbocycles. The Labute approximate surface area is 185 Å². The van der Waals surface area contributed by atoms with Crippen LogP contribution in [-0.4, -0.2) is 37.7 Å². The van der Waals surface area contributed by atoms with Crippen LogP contribution in [0.2, 0.25) is 10.0 Å². The summed E-state index contributed by atoms with van der Waals surface area (Å²) in [5.74, 6) is -2.81. The second-order valence-corrected chi connectivity index (χ2v) is 7.64. The van der Waals surface area contributed by atoms with Gasteiger partial charge < -0.3 is 19.5 Å². The lowest BCUT2D eigenvalue weighted by Crippen LogP contribution is -2.35. The minimum atomic E-state index is -0.943. The van der Waals surface area contributed by atoms with Crippen molar-refractivity contribution in [3.05, 3.63) is 56.3 Å². The Morgan fingerprint density at radius 1 is 1.13 bits per heavy atom. The van der Waals surface area contributed by atoms with Crippen LogP contribution in [0.5, 0.6) is 0 Å². The molecule has 0 spiro atoms. The summed E-state index contributed by atoms with van der Waals surface area (Å²) in [7, 11) is 1.24. The predicted molar refractivity (Wildman–Crippen MR) is 112 cm³/mol. The average Bonchev–Trinajstić information content (AvgIpc) is 2.66. The number of carbonyl (C=O) groups excluding carboxylic acids is 3. The van der Waals surface area contributed by atoms with E-state index in [1.54, 1.807) is 39.0 Å². The van der Waals surface area contributed by atoms with Gasteiger partial charge in [0, 0.05) is 12.6 Å². The molecule has 162 valence electrons. The van der Waals surface area contributed by atoms with E-state index in [-0.39, 0.29) is 33.5 Å². The van der Waals surface area contributed by atoms with Crippen LogP contribution in [-0.2, 0) is 28.6 Å². The fourth-order valence-corrected chi connectivity index (χ4v) is 3.55. The summed E-state index contributed by atoms with van der Waals surface area (Å²) >= 11 is 12.7. The van der Waals surface area contributed by atoms with Gasteiger partial charge in [-0.15, -0.1) is 0 Å². The summed E-state index contributed by atoms with van der Waals surface area (Å²) < 4.78 is 15.5. The van der Waals surface area contributed by atoms with Gasteiger partial charge in [0.15, 0.2) is 0 Å². The van der Waals surface area contributed by atoms with Crippen LogP contribution in [0.15, 0.2) is 40.7 Å². The lowest BCUT2D eigenvalue weighted by atomic mass is 9.80. The number of hydrogen-bond donors (Lipinski definition) is 1. The molecule has 1 atom stereocenters. The Morgan fingerprint density at radius 3 is 2.37 bits per heavy atom. The molecule has 0 amide bonds. The van der Waals surface area contributed by atoms with Crippen molar-refractivity contribution < 1.29 is 28.6 Å². The number of esters is 3. The zero-order valence-corrected chi connectivity index (χ0v) is 18.8. The molecule has 0 aromatic heterocycles. The maximum Gasteiger partial charge on any atom is 0.337 e. The van der Waals surface area contributed by atoms with Gasteiger partial charge in [-0.05, 0) is 32.4 Å². The zero-order valence-electron chi connectivity index (χ0n) is 17.3. The summed E-state index contributed by atoms with van der Waals surface area (Å²) in [6.45, 7) is 6.08. The topological polar surface area (TPSA) is 90.9 Å². The first-order valence-electron chi connectivity index (χ1n) is 9.15.